The summed E-state index contributed by atoms with van der Waals surface area (Å²) in [6, 6.07) is 16.7. The van der Waals surface area contributed by atoms with Crippen LogP contribution in [-0.4, -0.2) is 31.2 Å². The van der Waals surface area contributed by atoms with Gasteiger partial charge in [0.1, 0.15) is 6.04 Å². The zero-order chi connectivity index (χ0) is 21.5. The lowest BCUT2D eigenvalue weighted by Crippen LogP contribution is -2.43. The molecule has 0 saturated carbocycles. The Kier molecular flexibility index (Phi) is 5.38. The largest absolute Gasteiger partial charge is 0.325 e. The van der Waals surface area contributed by atoms with Gasteiger partial charge in [-0.2, -0.15) is 4.31 Å². The van der Waals surface area contributed by atoms with Gasteiger partial charge in [-0.25, -0.2) is 8.42 Å². The SMILES string of the molecule is Cc1cc(C)c(S(=O)(=O)N2CCCC2C(=O)Nc2ccc3ccccc3c2)c(C)c1. The summed E-state index contributed by atoms with van der Waals surface area (Å²) < 4.78 is 28.3. The normalized spacial score (nSPS) is 17.4. The van der Waals surface area contributed by atoms with Crippen molar-refractivity contribution < 1.29 is 13.2 Å². The van der Waals surface area contributed by atoms with Gasteiger partial charge in [0.25, 0.3) is 0 Å². The third-order valence-corrected chi connectivity index (χ3v) is 7.91. The molecule has 1 unspecified atom stereocenters. The molecule has 1 fully saturated rings. The van der Waals surface area contributed by atoms with Gasteiger partial charge in [-0.15, -0.1) is 0 Å². The fourth-order valence-corrected chi connectivity index (χ4v) is 6.55. The number of carbonyl (C=O) groups excluding carboxylic acids is 1. The van der Waals surface area contributed by atoms with Gasteiger partial charge in [-0.1, -0.05) is 48.0 Å². The highest BCUT2D eigenvalue weighted by Crippen LogP contribution is 2.31. The predicted molar refractivity (Wildman–Crippen MR) is 120 cm³/mol. The lowest BCUT2D eigenvalue weighted by molar-refractivity contribution is -0.119. The van der Waals surface area contributed by atoms with Gasteiger partial charge >= 0.3 is 0 Å². The molecule has 1 N–H and O–H groups in total. The topological polar surface area (TPSA) is 66.5 Å². The van der Waals surface area contributed by atoms with Gasteiger partial charge in [0.05, 0.1) is 4.90 Å². The quantitative estimate of drug-likeness (QED) is 0.670. The minimum atomic E-state index is -3.77. The molecule has 0 spiro atoms. The average molecular weight is 423 g/mol. The minimum Gasteiger partial charge on any atom is -0.325 e. The molecular formula is C24H26N2O3S. The molecular weight excluding hydrogens is 396 g/mol. The van der Waals surface area contributed by atoms with Crippen molar-refractivity contribution in [2.75, 3.05) is 11.9 Å². The maximum absolute atomic E-state index is 13.5. The van der Waals surface area contributed by atoms with E-state index in [0.29, 0.717) is 41.1 Å². The highest BCUT2D eigenvalue weighted by Gasteiger charge is 2.40. The molecule has 1 heterocycles. The number of hydrogen-bond donors (Lipinski definition) is 1. The molecule has 1 amide bonds. The van der Waals surface area contributed by atoms with Crippen molar-refractivity contribution in [1.29, 1.82) is 0 Å². The molecule has 156 valence electrons. The summed E-state index contributed by atoms with van der Waals surface area (Å²) in [7, 11) is -3.77. The number of fused-ring (bicyclic) bond motifs is 1. The number of nitrogens with zero attached hydrogens (tertiary/aromatic N) is 1. The van der Waals surface area contributed by atoms with Gasteiger partial charge in [0, 0.05) is 12.2 Å². The molecule has 0 radical (unpaired) electrons. The van der Waals surface area contributed by atoms with E-state index in [9.17, 15) is 13.2 Å². The van der Waals surface area contributed by atoms with Crippen LogP contribution in [0.2, 0.25) is 0 Å². The summed E-state index contributed by atoms with van der Waals surface area (Å²) in [5.41, 5.74) is 3.13. The van der Waals surface area contributed by atoms with Crippen LogP contribution >= 0.6 is 0 Å². The van der Waals surface area contributed by atoms with E-state index in [2.05, 4.69) is 5.32 Å². The number of rotatable bonds is 4. The first-order valence-corrected chi connectivity index (χ1v) is 11.6. The first-order valence-electron chi connectivity index (χ1n) is 10.2. The number of benzene rings is 3. The fraction of sp³-hybridized carbons (Fsp3) is 0.292. The highest BCUT2D eigenvalue weighted by molar-refractivity contribution is 7.89. The highest BCUT2D eigenvalue weighted by atomic mass is 32.2. The molecule has 1 atom stereocenters. The van der Waals surface area contributed by atoms with Crippen LogP contribution in [0.15, 0.2) is 59.5 Å². The van der Waals surface area contributed by atoms with Crippen LogP contribution in [0.5, 0.6) is 0 Å². The first-order chi connectivity index (χ1) is 14.3. The van der Waals surface area contributed by atoms with E-state index >= 15 is 0 Å². The Hall–Kier alpha value is -2.70. The maximum atomic E-state index is 13.5. The van der Waals surface area contributed by atoms with Gasteiger partial charge < -0.3 is 5.32 Å². The lowest BCUT2D eigenvalue weighted by Gasteiger charge is -2.25. The first kappa shape index (κ1) is 20.6. The van der Waals surface area contributed by atoms with Gasteiger partial charge in [-0.3, -0.25) is 4.79 Å². The van der Waals surface area contributed by atoms with E-state index in [1.165, 1.54) is 4.31 Å². The van der Waals surface area contributed by atoms with Crippen LogP contribution in [0.3, 0.4) is 0 Å². The van der Waals surface area contributed by atoms with Crippen LogP contribution in [0, 0.1) is 20.8 Å². The molecule has 4 rings (SSSR count). The van der Waals surface area contributed by atoms with Crippen LogP contribution in [-0.2, 0) is 14.8 Å². The monoisotopic (exact) mass is 422 g/mol. The van der Waals surface area contributed by atoms with Crippen LogP contribution in [0.4, 0.5) is 5.69 Å². The Morgan fingerprint density at radius 2 is 1.63 bits per heavy atom. The molecule has 30 heavy (non-hydrogen) atoms. The van der Waals surface area contributed by atoms with Gasteiger partial charge in [-0.05, 0) is 67.6 Å². The molecule has 1 aliphatic rings. The molecule has 0 aromatic heterocycles. The third kappa shape index (κ3) is 3.73. The zero-order valence-corrected chi connectivity index (χ0v) is 18.3. The van der Waals surface area contributed by atoms with E-state index in [1.807, 2.05) is 75.4 Å². The van der Waals surface area contributed by atoms with Crippen LogP contribution in [0.1, 0.15) is 29.5 Å². The summed E-state index contributed by atoms with van der Waals surface area (Å²) in [6.45, 7) is 5.93. The van der Waals surface area contributed by atoms with Crippen LogP contribution < -0.4 is 5.32 Å². The van der Waals surface area contributed by atoms with Crippen molar-refractivity contribution in [3.8, 4) is 0 Å². The molecule has 6 heteroatoms. The Bertz CT molecular complexity index is 1210. The number of amides is 1. The Morgan fingerprint density at radius 3 is 2.33 bits per heavy atom. The number of sulfonamides is 1. The van der Waals surface area contributed by atoms with E-state index in [0.717, 1.165) is 16.3 Å². The van der Waals surface area contributed by atoms with Crippen molar-refractivity contribution in [1.82, 2.24) is 4.31 Å². The predicted octanol–water partition coefficient (Wildman–Crippen LogP) is 4.56. The maximum Gasteiger partial charge on any atom is 0.244 e. The number of anilines is 1. The average Bonchev–Trinajstić information content (AvgIpc) is 3.18. The van der Waals surface area contributed by atoms with Gasteiger partial charge in [0.2, 0.25) is 15.9 Å². The molecule has 0 bridgehead atoms. The van der Waals surface area contributed by atoms with Crippen molar-refractivity contribution in [2.45, 2.75) is 44.6 Å². The van der Waals surface area contributed by atoms with Gasteiger partial charge in [0.15, 0.2) is 0 Å². The van der Waals surface area contributed by atoms with Crippen LogP contribution in [0.25, 0.3) is 10.8 Å². The molecule has 3 aromatic rings. The standard InChI is InChI=1S/C24H26N2O3S/c1-16-13-17(2)23(18(3)14-16)30(28,29)26-12-6-9-22(26)24(27)25-21-11-10-19-7-4-5-8-20(19)15-21/h4-5,7-8,10-11,13-15,22H,6,9,12H2,1-3H3,(H,25,27). The molecule has 1 aliphatic heterocycles. The fourth-order valence-electron chi connectivity index (χ4n) is 4.47. The number of aryl methyl sites for hydroxylation is 3. The Labute approximate surface area is 177 Å². The molecule has 5 nitrogen and oxygen atoms in total. The summed E-state index contributed by atoms with van der Waals surface area (Å²) in [5, 5.41) is 5.04. The van der Waals surface area contributed by atoms with Crippen molar-refractivity contribution in [3.63, 3.8) is 0 Å². The smallest absolute Gasteiger partial charge is 0.244 e. The van der Waals surface area contributed by atoms with Crippen molar-refractivity contribution in [2.24, 2.45) is 0 Å². The zero-order valence-electron chi connectivity index (χ0n) is 17.5. The second-order valence-electron chi connectivity index (χ2n) is 8.05. The second-order valence-corrected chi connectivity index (χ2v) is 9.88. The second kappa shape index (κ2) is 7.85. The third-order valence-electron chi connectivity index (χ3n) is 5.69. The van der Waals surface area contributed by atoms with Crippen molar-refractivity contribution >= 4 is 32.4 Å². The summed E-state index contributed by atoms with van der Waals surface area (Å²) in [4.78, 5) is 13.4. The summed E-state index contributed by atoms with van der Waals surface area (Å²) in [5.74, 6) is -0.284. The van der Waals surface area contributed by atoms with E-state index in [1.54, 1.807) is 0 Å². The minimum absolute atomic E-state index is 0.284. The number of hydrogen-bond acceptors (Lipinski definition) is 3. The number of nitrogens with one attached hydrogen (secondary N) is 1. The van der Waals surface area contributed by atoms with E-state index in [-0.39, 0.29) is 5.91 Å². The Balaban J connectivity index is 1.62. The van der Waals surface area contributed by atoms with Crippen molar-refractivity contribution in [3.05, 3.63) is 71.3 Å². The lowest BCUT2D eigenvalue weighted by atomic mass is 10.1. The Morgan fingerprint density at radius 1 is 0.967 bits per heavy atom. The molecule has 1 saturated heterocycles. The van der Waals surface area contributed by atoms with E-state index < -0.39 is 16.1 Å². The summed E-state index contributed by atoms with van der Waals surface area (Å²) in [6.07, 6.45) is 1.18. The van der Waals surface area contributed by atoms with E-state index in [4.69, 9.17) is 0 Å². The number of carbonyl (C=O) groups is 1. The molecule has 0 aliphatic carbocycles. The molecule has 3 aromatic carbocycles. The summed E-state index contributed by atoms with van der Waals surface area (Å²) >= 11 is 0.